The highest BCUT2D eigenvalue weighted by Gasteiger charge is 2.29. The van der Waals surface area contributed by atoms with Crippen molar-refractivity contribution in [3.05, 3.63) is 24.3 Å². The molecule has 0 radical (unpaired) electrons. The van der Waals surface area contributed by atoms with E-state index in [9.17, 15) is 9.90 Å². The van der Waals surface area contributed by atoms with Crippen LogP contribution in [0.25, 0.3) is 0 Å². The normalized spacial score (nSPS) is 15.5. The smallest absolute Gasteiger partial charge is 0.319 e. The van der Waals surface area contributed by atoms with Crippen LogP contribution in [0, 0.1) is 5.92 Å². The molecule has 0 bridgehead atoms. The summed E-state index contributed by atoms with van der Waals surface area (Å²) in [4.78, 5) is 11.8. The lowest BCUT2D eigenvalue weighted by molar-refractivity contribution is 0.142. The Morgan fingerprint density at radius 3 is 2.90 bits per heavy atom. The third-order valence-corrected chi connectivity index (χ3v) is 3.33. The average Bonchev–Trinajstić information content (AvgIpc) is 3.25. The fourth-order valence-corrected chi connectivity index (χ4v) is 2.07. The van der Waals surface area contributed by atoms with Gasteiger partial charge in [-0.05, 0) is 44.2 Å². The quantitative estimate of drug-likeness (QED) is 0.717. The number of hydrogen-bond donors (Lipinski definition) is 3. The number of benzene rings is 1. The van der Waals surface area contributed by atoms with E-state index in [1.807, 2.05) is 25.1 Å². The van der Waals surface area contributed by atoms with Gasteiger partial charge < -0.3 is 20.5 Å². The number of anilines is 1. The summed E-state index contributed by atoms with van der Waals surface area (Å²) < 4.78 is 5.44. The molecule has 0 aliphatic heterocycles. The minimum Gasteiger partial charge on any atom is -0.492 e. The third kappa shape index (κ3) is 4.42. The van der Waals surface area contributed by atoms with E-state index in [4.69, 9.17) is 4.74 Å². The Morgan fingerprint density at radius 2 is 2.20 bits per heavy atom. The molecule has 1 aromatic rings. The predicted molar refractivity (Wildman–Crippen MR) is 78.0 cm³/mol. The van der Waals surface area contributed by atoms with Crippen molar-refractivity contribution in [2.24, 2.45) is 5.92 Å². The molecule has 3 N–H and O–H groups in total. The van der Waals surface area contributed by atoms with Gasteiger partial charge in [-0.3, -0.25) is 0 Å². The van der Waals surface area contributed by atoms with Gasteiger partial charge in [-0.1, -0.05) is 12.1 Å². The molecule has 0 heterocycles. The Balaban J connectivity index is 1.75. The number of urea groups is 1. The molecule has 0 unspecified atom stereocenters. The Morgan fingerprint density at radius 1 is 1.45 bits per heavy atom. The number of para-hydroxylation sites is 2. The van der Waals surface area contributed by atoms with Crippen LogP contribution in [0.3, 0.4) is 0 Å². The predicted octanol–water partition coefficient (Wildman–Crippen LogP) is 2.37. The second kappa shape index (κ2) is 7.14. The highest BCUT2D eigenvalue weighted by Crippen LogP contribution is 2.33. The Bertz CT molecular complexity index is 446. The summed E-state index contributed by atoms with van der Waals surface area (Å²) in [6.45, 7) is 2.92. The number of aliphatic hydroxyl groups excluding tert-OH is 1. The molecule has 5 heteroatoms. The van der Waals surface area contributed by atoms with Crippen molar-refractivity contribution < 1.29 is 14.6 Å². The van der Waals surface area contributed by atoms with Crippen molar-refractivity contribution in [1.29, 1.82) is 0 Å². The minimum atomic E-state index is -0.286. The van der Waals surface area contributed by atoms with Crippen LogP contribution in [-0.4, -0.2) is 30.4 Å². The van der Waals surface area contributed by atoms with Crippen molar-refractivity contribution in [3.63, 3.8) is 0 Å². The first-order chi connectivity index (χ1) is 9.70. The zero-order valence-electron chi connectivity index (χ0n) is 11.8. The van der Waals surface area contributed by atoms with Crippen molar-refractivity contribution in [2.45, 2.75) is 32.3 Å². The van der Waals surface area contributed by atoms with E-state index in [2.05, 4.69) is 10.6 Å². The Labute approximate surface area is 119 Å². The number of amides is 2. The molecule has 2 amide bonds. The number of nitrogens with one attached hydrogen (secondary N) is 2. The van der Waals surface area contributed by atoms with Crippen molar-refractivity contribution >= 4 is 11.7 Å². The van der Waals surface area contributed by atoms with Gasteiger partial charge in [0.1, 0.15) is 5.75 Å². The van der Waals surface area contributed by atoms with Gasteiger partial charge in [0.15, 0.2) is 0 Å². The number of carbonyl (C=O) groups excluding carboxylic acids is 1. The second-order valence-electron chi connectivity index (χ2n) is 5.00. The lowest BCUT2D eigenvalue weighted by atomic mass is 10.2. The lowest BCUT2D eigenvalue weighted by Gasteiger charge is -2.13. The Kier molecular flexibility index (Phi) is 5.24. The van der Waals surface area contributed by atoms with Crippen molar-refractivity contribution in [1.82, 2.24) is 5.32 Å². The van der Waals surface area contributed by atoms with Crippen molar-refractivity contribution in [2.75, 3.05) is 18.5 Å². The summed E-state index contributed by atoms with van der Waals surface area (Å²) in [6, 6.07) is 7.04. The molecule has 1 aliphatic rings. The minimum absolute atomic E-state index is 0.278. The lowest BCUT2D eigenvalue weighted by Crippen LogP contribution is -2.31. The summed E-state index contributed by atoms with van der Waals surface area (Å²) in [6.07, 6.45) is 2.53. The van der Waals surface area contributed by atoms with E-state index in [1.54, 1.807) is 6.07 Å². The van der Waals surface area contributed by atoms with E-state index in [0.29, 0.717) is 36.9 Å². The maximum Gasteiger partial charge on any atom is 0.319 e. The van der Waals surface area contributed by atoms with Crippen LogP contribution in [-0.2, 0) is 0 Å². The fourth-order valence-electron chi connectivity index (χ4n) is 2.07. The molecule has 0 spiro atoms. The van der Waals surface area contributed by atoms with Crippen LogP contribution in [0.15, 0.2) is 24.3 Å². The summed E-state index contributed by atoms with van der Waals surface area (Å²) in [5, 5.41) is 15.2. The largest absolute Gasteiger partial charge is 0.492 e. The monoisotopic (exact) mass is 278 g/mol. The van der Waals surface area contributed by atoms with Crippen LogP contribution >= 0.6 is 0 Å². The first kappa shape index (κ1) is 14.7. The van der Waals surface area contributed by atoms with Crippen LogP contribution in [0.2, 0.25) is 0 Å². The topological polar surface area (TPSA) is 70.6 Å². The molecular weight excluding hydrogens is 256 g/mol. The summed E-state index contributed by atoms with van der Waals surface area (Å²) in [7, 11) is 0. The third-order valence-electron chi connectivity index (χ3n) is 3.33. The molecule has 1 atom stereocenters. The maximum atomic E-state index is 11.8. The van der Waals surface area contributed by atoms with Gasteiger partial charge in [-0.2, -0.15) is 0 Å². The molecule has 0 aromatic heterocycles. The SMILES string of the molecule is CCOc1ccccc1NC(=O)NCC[C@H](O)C1CC1. The highest BCUT2D eigenvalue weighted by molar-refractivity contribution is 5.90. The van der Waals surface area contributed by atoms with Gasteiger partial charge in [0, 0.05) is 6.54 Å². The summed E-state index contributed by atoms with van der Waals surface area (Å²) in [5.41, 5.74) is 0.648. The summed E-state index contributed by atoms with van der Waals surface area (Å²) in [5.74, 6) is 1.10. The van der Waals surface area contributed by atoms with E-state index >= 15 is 0 Å². The van der Waals surface area contributed by atoms with E-state index in [-0.39, 0.29) is 12.1 Å². The van der Waals surface area contributed by atoms with Crippen LogP contribution in [0.5, 0.6) is 5.75 Å². The van der Waals surface area contributed by atoms with Crippen LogP contribution in [0.4, 0.5) is 10.5 Å². The molecular formula is C15H22N2O3. The molecule has 20 heavy (non-hydrogen) atoms. The molecule has 1 aromatic carbocycles. The zero-order valence-corrected chi connectivity index (χ0v) is 11.8. The van der Waals surface area contributed by atoms with Gasteiger partial charge in [-0.25, -0.2) is 4.79 Å². The zero-order chi connectivity index (χ0) is 14.4. The number of rotatable bonds is 7. The number of ether oxygens (including phenoxy) is 1. The first-order valence-corrected chi connectivity index (χ1v) is 7.15. The van der Waals surface area contributed by atoms with Gasteiger partial charge in [0.05, 0.1) is 18.4 Å². The first-order valence-electron chi connectivity index (χ1n) is 7.15. The molecule has 1 saturated carbocycles. The molecule has 5 nitrogen and oxygen atoms in total. The summed E-state index contributed by atoms with van der Waals surface area (Å²) >= 11 is 0. The van der Waals surface area contributed by atoms with Crippen LogP contribution in [0.1, 0.15) is 26.2 Å². The van der Waals surface area contributed by atoms with E-state index in [0.717, 1.165) is 12.8 Å². The average molecular weight is 278 g/mol. The van der Waals surface area contributed by atoms with E-state index < -0.39 is 0 Å². The van der Waals surface area contributed by atoms with Crippen LogP contribution < -0.4 is 15.4 Å². The fraction of sp³-hybridized carbons (Fsp3) is 0.533. The van der Waals surface area contributed by atoms with Crippen molar-refractivity contribution in [3.8, 4) is 5.75 Å². The number of hydrogen-bond acceptors (Lipinski definition) is 3. The maximum absolute atomic E-state index is 11.8. The highest BCUT2D eigenvalue weighted by atomic mass is 16.5. The Hall–Kier alpha value is -1.75. The van der Waals surface area contributed by atoms with Gasteiger partial charge >= 0.3 is 6.03 Å². The number of aliphatic hydroxyl groups is 1. The molecule has 2 rings (SSSR count). The van der Waals surface area contributed by atoms with Gasteiger partial charge in [0.2, 0.25) is 0 Å². The van der Waals surface area contributed by atoms with Gasteiger partial charge in [-0.15, -0.1) is 0 Å². The molecule has 1 fully saturated rings. The number of carbonyl (C=O) groups is 1. The van der Waals surface area contributed by atoms with E-state index in [1.165, 1.54) is 0 Å². The molecule has 110 valence electrons. The molecule has 1 aliphatic carbocycles. The van der Waals surface area contributed by atoms with Gasteiger partial charge in [0.25, 0.3) is 0 Å². The standard InChI is InChI=1S/C15H22N2O3/c1-2-20-14-6-4-3-5-12(14)17-15(19)16-10-9-13(18)11-7-8-11/h3-6,11,13,18H,2,7-10H2,1H3,(H2,16,17,19)/t13-/m0/s1. The molecule has 0 saturated heterocycles. The second-order valence-corrected chi connectivity index (χ2v) is 5.00.